The lowest BCUT2D eigenvalue weighted by Crippen LogP contribution is -2.01. The quantitative estimate of drug-likeness (QED) is 0.623. The zero-order valence-corrected chi connectivity index (χ0v) is 10.7. The number of rotatable bonds is 4. The highest BCUT2D eigenvalue weighted by molar-refractivity contribution is 9.10. The van der Waals surface area contributed by atoms with Crippen LogP contribution in [0.4, 0.5) is 0 Å². The van der Waals surface area contributed by atoms with Gasteiger partial charge in [-0.2, -0.15) is 0 Å². The Hall–Kier alpha value is -1.06. The first-order valence-electron chi connectivity index (χ1n) is 5.20. The van der Waals surface area contributed by atoms with Gasteiger partial charge in [-0.15, -0.1) is 0 Å². The van der Waals surface area contributed by atoms with Crippen molar-refractivity contribution in [1.82, 2.24) is 0 Å². The predicted octanol–water partition coefficient (Wildman–Crippen LogP) is 3.98. The van der Waals surface area contributed by atoms with Crippen molar-refractivity contribution in [1.29, 1.82) is 0 Å². The van der Waals surface area contributed by atoms with Crippen molar-refractivity contribution < 1.29 is 9.47 Å². The van der Waals surface area contributed by atoms with Gasteiger partial charge in [0, 0.05) is 11.1 Å². The molecule has 0 aromatic heterocycles. The Morgan fingerprint density at radius 3 is 2.81 bits per heavy atom. The molecule has 0 saturated carbocycles. The van der Waals surface area contributed by atoms with E-state index in [4.69, 9.17) is 9.47 Å². The van der Waals surface area contributed by atoms with Crippen LogP contribution in [0.3, 0.4) is 0 Å². The van der Waals surface area contributed by atoms with Crippen LogP contribution in [-0.2, 0) is 4.74 Å². The molecule has 2 aromatic rings. The zero-order valence-electron chi connectivity index (χ0n) is 9.07. The summed E-state index contributed by atoms with van der Waals surface area (Å²) in [6.45, 7) is 2.90. The van der Waals surface area contributed by atoms with E-state index in [1.807, 2.05) is 31.2 Å². The van der Waals surface area contributed by atoms with Gasteiger partial charge in [-0.3, -0.25) is 0 Å². The van der Waals surface area contributed by atoms with Gasteiger partial charge in [0.15, 0.2) is 6.79 Å². The summed E-state index contributed by atoms with van der Waals surface area (Å²) in [5.74, 6) is 0.819. The Labute approximate surface area is 103 Å². The number of fused-ring (bicyclic) bond motifs is 1. The molecule has 0 saturated heterocycles. The third-order valence-corrected chi connectivity index (χ3v) is 2.95. The van der Waals surface area contributed by atoms with E-state index in [-0.39, 0.29) is 0 Å². The summed E-state index contributed by atoms with van der Waals surface area (Å²) in [5, 5.41) is 2.34. The Morgan fingerprint density at radius 2 is 2.00 bits per heavy atom. The van der Waals surface area contributed by atoms with Crippen molar-refractivity contribution in [2.75, 3.05) is 13.4 Å². The van der Waals surface area contributed by atoms with Gasteiger partial charge >= 0.3 is 0 Å². The first-order valence-corrected chi connectivity index (χ1v) is 5.99. The largest absolute Gasteiger partial charge is 0.467 e. The highest BCUT2D eigenvalue weighted by Gasteiger charge is 2.02. The topological polar surface area (TPSA) is 18.5 Å². The van der Waals surface area contributed by atoms with E-state index in [9.17, 15) is 0 Å². The number of halogens is 1. The first kappa shape index (κ1) is 11.4. The van der Waals surface area contributed by atoms with E-state index in [1.165, 1.54) is 5.39 Å². The standard InChI is InChI=1S/C13H13BrO2/c1-2-15-9-16-11-7-10-5-3-4-6-12(10)13(14)8-11/h3-8H,2,9H2,1H3. The molecule has 16 heavy (non-hydrogen) atoms. The highest BCUT2D eigenvalue weighted by atomic mass is 79.9. The normalized spacial score (nSPS) is 10.6. The fourth-order valence-electron chi connectivity index (χ4n) is 1.51. The van der Waals surface area contributed by atoms with Gasteiger partial charge in [-0.1, -0.05) is 40.2 Å². The van der Waals surface area contributed by atoms with E-state index in [0.29, 0.717) is 13.4 Å². The SMILES string of the molecule is CCOCOc1cc(Br)c2ccccc2c1. The third-order valence-electron chi connectivity index (χ3n) is 2.30. The minimum Gasteiger partial charge on any atom is -0.467 e. The molecule has 0 unspecified atom stereocenters. The van der Waals surface area contributed by atoms with Gasteiger partial charge in [0.05, 0.1) is 0 Å². The molecule has 0 fully saturated rings. The minimum atomic E-state index is 0.293. The zero-order chi connectivity index (χ0) is 11.4. The summed E-state index contributed by atoms with van der Waals surface area (Å²) in [6.07, 6.45) is 0. The average Bonchev–Trinajstić information content (AvgIpc) is 2.30. The van der Waals surface area contributed by atoms with Crippen LogP contribution >= 0.6 is 15.9 Å². The van der Waals surface area contributed by atoms with E-state index in [0.717, 1.165) is 15.6 Å². The Bertz CT molecular complexity index is 482. The van der Waals surface area contributed by atoms with Crippen molar-refractivity contribution >= 4 is 26.7 Å². The number of ether oxygens (including phenoxy) is 2. The van der Waals surface area contributed by atoms with Gasteiger partial charge in [-0.25, -0.2) is 0 Å². The summed E-state index contributed by atoms with van der Waals surface area (Å²) in [7, 11) is 0. The summed E-state index contributed by atoms with van der Waals surface area (Å²) in [4.78, 5) is 0. The smallest absolute Gasteiger partial charge is 0.189 e. The Kier molecular flexibility index (Phi) is 3.80. The van der Waals surface area contributed by atoms with E-state index in [1.54, 1.807) is 0 Å². The lowest BCUT2D eigenvalue weighted by molar-refractivity contribution is 0.0225. The van der Waals surface area contributed by atoms with Gasteiger partial charge in [0.25, 0.3) is 0 Å². The van der Waals surface area contributed by atoms with Crippen LogP contribution < -0.4 is 4.74 Å². The van der Waals surface area contributed by atoms with E-state index < -0.39 is 0 Å². The summed E-state index contributed by atoms with van der Waals surface area (Å²) >= 11 is 3.54. The van der Waals surface area contributed by atoms with Crippen molar-refractivity contribution in [3.05, 3.63) is 40.9 Å². The molecule has 0 bridgehead atoms. The maximum absolute atomic E-state index is 5.48. The molecule has 0 heterocycles. The molecule has 0 aliphatic heterocycles. The lowest BCUT2D eigenvalue weighted by atomic mass is 10.1. The fraction of sp³-hybridized carbons (Fsp3) is 0.231. The molecule has 0 aliphatic rings. The van der Waals surface area contributed by atoms with Crippen LogP contribution in [0.1, 0.15) is 6.92 Å². The number of benzene rings is 2. The Balaban J connectivity index is 2.27. The monoisotopic (exact) mass is 280 g/mol. The second-order valence-corrected chi connectivity index (χ2v) is 4.24. The van der Waals surface area contributed by atoms with E-state index in [2.05, 4.69) is 28.1 Å². The molecule has 3 heteroatoms. The average molecular weight is 281 g/mol. The summed E-state index contributed by atoms with van der Waals surface area (Å²) in [6, 6.07) is 12.1. The highest BCUT2D eigenvalue weighted by Crippen LogP contribution is 2.29. The molecule has 0 aliphatic carbocycles. The summed E-state index contributed by atoms with van der Waals surface area (Å²) < 4.78 is 11.7. The van der Waals surface area contributed by atoms with Crippen molar-refractivity contribution in [3.8, 4) is 5.75 Å². The molecular formula is C13H13BrO2. The van der Waals surface area contributed by atoms with Crippen LogP contribution in [0.2, 0.25) is 0 Å². The fourth-order valence-corrected chi connectivity index (χ4v) is 2.10. The third kappa shape index (κ3) is 2.54. The molecule has 2 rings (SSSR count). The first-order chi connectivity index (χ1) is 7.81. The minimum absolute atomic E-state index is 0.293. The molecule has 0 N–H and O–H groups in total. The molecular weight excluding hydrogens is 268 g/mol. The van der Waals surface area contributed by atoms with Gasteiger partial charge < -0.3 is 9.47 Å². The maximum Gasteiger partial charge on any atom is 0.189 e. The maximum atomic E-state index is 5.48. The second-order valence-electron chi connectivity index (χ2n) is 3.38. The van der Waals surface area contributed by atoms with Crippen molar-refractivity contribution in [2.45, 2.75) is 6.92 Å². The van der Waals surface area contributed by atoms with Crippen LogP contribution in [0.5, 0.6) is 5.75 Å². The van der Waals surface area contributed by atoms with Crippen LogP contribution in [-0.4, -0.2) is 13.4 Å². The second kappa shape index (κ2) is 5.32. The van der Waals surface area contributed by atoms with Gasteiger partial charge in [0.2, 0.25) is 0 Å². The van der Waals surface area contributed by atoms with Crippen molar-refractivity contribution in [3.63, 3.8) is 0 Å². The van der Waals surface area contributed by atoms with Crippen molar-refractivity contribution in [2.24, 2.45) is 0 Å². The molecule has 0 spiro atoms. The van der Waals surface area contributed by atoms with Gasteiger partial charge in [-0.05, 0) is 29.8 Å². The predicted molar refractivity (Wildman–Crippen MR) is 68.8 cm³/mol. The molecule has 2 aromatic carbocycles. The molecule has 0 radical (unpaired) electrons. The number of hydrogen-bond acceptors (Lipinski definition) is 2. The number of hydrogen-bond donors (Lipinski definition) is 0. The molecule has 2 nitrogen and oxygen atoms in total. The lowest BCUT2D eigenvalue weighted by Gasteiger charge is -2.08. The summed E-state index contributed by atoms with van der Waals surface area (Å²) in [5.41, 5.74) is 0. The van der Waals surface area contributed by atoms with Crippen LogP contribution in [0, 0.1) is 0 Å². The van der Waals surface area contributed by atoms with Crippen LogP contribution in [0.15, 0.2) is 40.9 Å². The van der Waals surface area contributed by atoms with Gasteiger partial charge in [0.1, 0.15) is 5.75 Å². The molecule has 84 valence electrons. The van der Waals surface area contributed by atoms with Crippen LogP contribution in [0.25, 0.3) is 10.8 Å². The molecule has 0 atom stereocenters. The Morgan fingerprint density at radius 1 is 1.19 bits per heavy atom. The molecule has 0 amide bonds. The van der Waals surface area contributed by atoms with E-state index >= 15 is 0 Å².